The van der Waals surface area contributed by atoms with Gasteiger partial charge in [0, 0.05) is 46.7 Å². The van der Waals surface area contributed by atoms with Crippen LogP contribution in [0.5, 0.6) is 0 Å². The van der Waals surface area contributed by atoms with E-state index in [-0.39, 0.29) is 0 Å². The minimum Gasteiger partial charge on any atom is -0.228 e. The summed E-state index contributed by atoms with van der Waals surface area (Å²) in [5.41, 5.74) is 16.9. The van der Waals surface area contributed by atoms with Gasteiger partial charge in [0.1, 0.15) is 0 Å². The van der Waals surface area contributed by atoms with Crippen molar-refractivity contribution in [3.05, 3.63) is 241 Å². The van der Waals surface area contributed by atoms with Crippen molar-refractivity contribution in [3.8, 4) is 67.3 Å². The summed E-state index contributed by atoms with van der Waals surface area (Å²) in [7, 11) is 0. The molecular weight excluding hydrogens is 801 g/mol. The topological polar surface area (TPSA) is 25.8 Å². The van der Waals surface area contributed by atoms with Gasteiger partial charge in [-0.3, -0.25) is 0 Å². The molecule has 0 bridgehead atoms. The average molecular weight is 837 g/mol. The maximum atomic E-state index is 5.56. The molecule has 0 fully saturated rings. The quantitative estimate of drug-likeness (QED) is 0.173. The largest absolute Gasteiger partial charge is 0.228 e. The van der Waals surface area contributed by atoms with E-state index in [1.165, 1.54) is 74.5 Å². The molecule has 0 N–H and O–H groups in total. The molecular formula is C59H36N2S2. The maximum absolute atomic E-state index is 5.56. The standard InChI is InChI=1S/C59H36N2S2/c1-3-16-37(17-4-1)39-30-32-42(46(34-39)38-18-5-2-6-19-38)52-36-53(45-23-15-22-44-43-21-8-12-27-54(43)63-57(44)45)61-58(60-52)40-31-33-49-47(35-40)41-20-7-9-24-48(41)59(49)50-25-10-13-28-55(50)62-56-29-14-11-26-51(56)59/h1-36H. The number of aromatic nitrogens is 2. The van der Waals surface area contributed by atoms with Crippen LogP contribution < -0.4 is 0 Å². The molecule has 0 unspecified atom stereocenters. The van der Waals surface area contributed by atoms with Crippen LogP contribution in [0.1, 0.15) is 22.3 Å². The smallest absolute Gasteiger partial charge is 0.160 e. The molecule has 0 amide bonds. The number of hydrogen-bond donors (Lipinski definition) is 0. The highest BCUT2D eigenvalue weighted by Gasteiger charge is 2.50. The van der Waals surface area contributed by atoms with E-state index in [2.05, 4.69) is 218 Å². The summed E-state index contributed by atoms with van der Waals surface area (Å²) in [6.07, 6.45) is 0. The Kier molecular flexibility index (Phi) is 8.27. The lowest BCUT2D eigenvalue weighted by Crippen LogP contribution is -2.31. The first kappa shape index (κ1) is 36.3. The molecule has 2 nitrogen and oxygen atoms in total. The van der Waals surface area contributed by atoms with Gasteiger partial charge >= 0.3 is 0 Å². The van der Waals surface area contributed by atoms with Crippen molar-refractivity contribution in [1.29, 1.82) is 0 Å². The molecule has 0 saturated carbocycles. The summed E-state index contributed by atoms with van der Waals surface area (Å²) in [6.45, 7) is 0. The molecule has 13 rings (SSSR count). The lowest BCUT2D eigenvalue weighted by Gasteiger charge is -2.39. The van der Waals surface area contributed by atoms with Gasteiger partial charge in [-0.1, -0.05) is 194 Å². The molecule has 0 atom stereocenters. The van der Waals surface area contributed by atoms with Gasteiger partial charge in [-0.05, 0) is 92.0 Å². The molecule has 0 saturated heterocycles. The fourth-order valence-corrected chi connectivity index (χ4v) is 12.7. The Morgan fingerprint density at radius 3 is 1.68 bits per heavy atom. The van der Waals surface area contributed by atoms with Crippen LogP contribution in [-0.4, -0.2) is 9.97 Å². The van der Waals surface area contributed by atoms with Crippen LogP contribution in [0.2, 0.25) is 0 Å². The fraction of sp³-hybridized carbons (Fsp3) is 0.0169. The van der Waals surface area contributed by atoms with E-state index >= 15 is 0 Å². The highest BCUT2D eigenvalue weighted by molar-refractivity contribution is 7.99. The summed E-state index contributed by atoms with van der Waals surface area (Å²) in [5.74, 6) is 0.702. The summed E-state index contributed by atoms with van der Waals surface area (Å²) in [5, 5.41) is 2.52. The predicted octanol–water partition coefficient (Wildman–Crippen LogP) is 16.0. The van der Waals surface area contributed by atoms with Crippen molar-refractivity contribution in [3.63, 3.8) is 0 Å². The Hall–Kier alpha value is -7.37. The number of nitrogens with zero attached hydrogens (tertiary/aromatic N) is 2. The van der Waals surface area contributed by atoms with Crippen molar-refractivity contribution >= 4 is 43.3 Å². The Morgan fingerprint density at radius 2 is 0.905 bits per heavy atom. The van der Waals surface area contributed by atoms with E-state index in [0.29, 0.717) is 5.82 Å². The SMILES string of the molecule is c1ccc(-c2ccc(-c3cc(-c4cccc5c4sc4ccccc45)nc(-c4ccc5c(c4)-c4ccccc4C54c5ccccc5Sc5ccccc54)n3)c(-c3ccccc3)c2)cc1. The molecule has 294 valence electrons. The van der Waals surface area contributed by atoms with Crippen molar-refractivity contribution in [2.75, 3.05) is 0 Å². The van der Waals surface area contributed by atoms with Gasteiger partial charge in [-0.25, -0.2) is 9.97 Å². The molecule has 63 heavy (non-hydrogen) atoms. The second-order valence-electron chi connectivity index (χ2n) is 16.4. The zero-order valence-corrected chi connectivity index (χ0v) is 35.6. The van der Waals surface area contributed by atoms with Crippen LogP contribution >= 0.6 is 23.1 Å². The Morgan fingerprint density at radius 1 is 0.333 bits per heavy atom. The maximum Gasteiger partial charge on any atom is 0.160 e. The number of rotatable bonds is 5. The van der Waals surface area contributed by atoms with Crippen molar-refractivity contribution in [2.24, 2.45) is 0 Å². The monoisotopic (exact) mass is 836 g/mol. The molecule has 11 aromatic rings. The minimum atomic E-state index is -0.446. The summed E-state index contributed by atoms with van der Waals surface area (Å²) >= 11 is 3.71. The number of benzene rings is 9. The van der Waals surface area contributed by atoms with E-state index in [0.717, 1.165) is 39.2 Å². The van der Waals surface area contributed by atoms with E-state index in [9.17, 15) is 0 Å². The highest BCUT2D eigenvalue weighted by Crippen LogP contribution is 2.62. The second-order valence-corrected chi connectivity index (χ2v) is 18.5. The first-order valence-corrected chi connectivity index (χ1v) is 23.0. The Labute approximate surface area is 374 Å². The fourth-order valence-electron chi connectivity index (χ4n) is 10.2. The van der Waals surface area contributed by atoms with E-state index in [1.54, 1.807) is 0 Å². The minimum absolute atomic E-state index is 0.446. The molecule has 4 heteroatoms. The van der Waals surface area contributed by atoms with E-state index < -0.39 is 5.41 Å². The predicted molar refractivity (Wildman–Crippen MR) is 264 cm³/mol. The molecule has 9 aromatic carbocycles. The van der Waals surface area contributed by atoms with Gasteiger partial charge < -0.3 is 0 Å². The normalized spacial score (nSPS) is 13.1. The Balaban J connectivity index is 1.06. The molecule has 1 aliphatic heterocycles. The molecule has 0 radical (unpaired) electrons. The Bertz CT molecular complexity index is 3560. The number of hydrogen-bond acceptors (Lipinski definition) is 4. The molecule has 3 heterocycles. The van der Waals surface area contributed by atoms with Crippen molar-refractivity contribution in [2.45, 2.75) is 15.2 Å². The first-order chi connectivity index (χ1) is 31.2. The summed E-state index contributed by atoms with van der Waals surface area (Å²) < 4.78 is 2.50. The van der Waals surface area contributed by atoms with Crippen LogP contribution in [0.3, 0.4) is 0 Å². The van der Waals surface area contributed by atoms with E-state index in [4.69, 9.17) is 9.97 Å². The van der Waals surface area contributed by atoms with Gasteiger partial charge in [-0.2, -0.15) is 0 Å². The van der Waals surface area contributed by atoms with Crippen LogP contribution in [0, 0.1) is 0 Å². The highest BCUT2D eigenvalue weighted by atomic mass is 32.2. The van der Waals surface area contributed by atoms with E-state index in [1.807, 2.05) is 23.1 Å². The third-order valence-electron chi connectivity index (χ3n) is 13.0. The molecule has 1 aliphatic carbocycles. The van der Waals surface area contributed by atoms with Crippen molar-refractivity contribution in [1.82, 2.24) is 9.97 Å². The summed E-state index contributed by atoms with van der Waals surface area (Å²) in [4.78, 5) is 13.7. The number of fused-ring (bicyclic) bond motifs is 12. The number of thiophene rings is 1. The molecule has 2 aliphatic rings. The first-order valence-electron chi connectivity index (χ1n) is 21.4. The average Bonchev–Trinajstić information content (AvgIpc) is 3.88. The van der Waals surface area contributed by atoms with Crippen LogP contribution in [0.25, 0.3) is 87.5 Å². The lowest BCUT2D eigenvalue weighted by atomic mass is 9.67. The zero-order valence-electron chi connectivity index (χ0n) is 34.0. The van der Waals surface area contributed by atoms with Gasteiger partial charge in [0.25, 0.3) is 0 Å². The lowest BCUT2D eigenvalue weighted by molar-refractivity contribution is 0.722. The zero-order chi connectivity index (χ0) is 41.5. The van der Waals surface area contributed by atoms with Crippen molar-refractivity contribution < 1.29 is 0 Å². The third kappa shape index (κ3) is 5.58. The van der Waals surface area contributed by atoms with Crippen LogP contribution in [-0.2, 0) is 5.41 Å². The van der Waals surface area contributed by atoms with Gasteiger partial charge in [0.05, 0.1) is 16.8 Å². The summed E-state index contributed by atoms with van der Waals surface area (Å²) in [6, 6.07) is 79.6. The van der Waals surface area contributed by atoms with Gasteiger partial charge in [0.15, 0.2) is 5.82 Å². The van der Waals surface area contributed by atoms with Crippen LogP contribution in [0.4, 0.5) is 0 Å². The van der Waals surface area contributed by atoms with Gasteiger partial charge in [0.2, 0.25) is 0 Å². The van der Waals surface area contributed by atoms with Crippen LogP contribution in [0.15, 0.2) is 228 Å². The molecule has 2 aromatic heterocycles. The third-order valence-corrected chi connectivity index (χ3v) is 15.4. The second kappa shape index (κ2) is 14.4. The van der Waals surface area contributed by atoms with Gasteiger partial charge in [-0.15, -0.1) is 11.3 Å². The molecule has 1 spiro atoms.